The molecule has 0 saturated carbocycles. The van der Waals surface area contributed by atoms with E-state index in [9.17, 15) is 9.59 Å². The highest BCUT2D eigenvalue weighted by Gasteiger charge is 2.20. The van der Waals surface area contributed by atoms with Crippen molar-refractivity contribution in [3.05, 3.63) is 20.4 Å². The SMILES string of the molecule is CN(C)CCNc1c(NCCN2CCOCC2)c(=O)c1=O. The second-order valence-electron chi connectivity index (χ2n) is 5.52. The molecule has 1 aromatic rings. The highest BCUT2D eigenvalue weighted by atomic mass is 16.5. The van der Waals surface area contributed by atoms with Crippen molar-refractivity contribution in [2.45, 2.75) is 0 Å². The monoisotopic (exact) mass is 296 g/mol. The van der Waals surface area contributed by atoms with Crippen molar-refractivity contribution in [1.82, 2.24) is 9.80 Å². The summed E-state index contributed by atoms with van der Waals surface area (Å²) in [7, 11) is 3.93. The average molecular weight is 296 g/mol. The second-order valence-corrected chi connectivity index (χ2v) is 5.52. The van der Waals surface area contributed by atoms with Crippen molar-refractivity contribution < 1.29 is 4.74 Å². The molecule has 1 heterocycles. The van der Waals surface area contributed by atoms with E-state index in [1.54, 1.807) is 0 Å². The average Bonchev–Trinajstić information content (AvgIpc) is 2.49. The molecule has 2 rings (SSSR count). The molecule has 1 aromatic carbocycles. The predicted octanol–water partition coefficient (Wildman–Crippen LogP) is -1.000. The maximum absolute atomic E-state index is 11.6. The number of nitrogens with one attached hydrogen (secondary N) is 2. The van der Waals surface area contributed by atoms with E-state index >= 15 is 0 Å². The molecule has 118 valence electrons. The van der Waals surface area contributed by atoms with Crippen molar-refractivity contribution in [2.75, 3.05) is 77.2 Å². The van der Waals surface area contributed by atoms with Crippen LogP contribution in [-0.4, -0.2) is 76.4 Å². The third-order valence-corrected chi connectivity index (χ3v) is 3.60. The van der Waals surface area contributed by atoms with Gasteiger partial charge in [-0.3, -0.25) is 14.5 Å². The Morgan fingerprint density at radius 3 is 2.19 bits per heavy atom. The summed E-state index contributed by atoms with van der Waals surface area (Å²) in [5, 5.41) is 6.13. The molecular formula is C14H24N4O3. The molecule has 1 saturated heterocycles. The zero-order valence-corrected chi connectivity index (χ0v) is 12.8. The smallest absolute Gasteiger partial charge is 0.253 e. The van der Waals surface area contributed by atoms with Gasteiger partial charge in [0.1, 0.15) is 11.4 Å². The van der Waals surface area contributed by atoms with Gasteiger partial charge in [-0.15, -0.1) is 0 Å². The molecule has 0 unspecified atom stereocenters. The first-order valence-corrected chi connectivity index (χ1v) is 7.35. The van der Waals surface area contributed by atoms with Crippen molar-refractivity contribution in [3.63, 3.8) is 0 Å². The van der Waals surface area contributed by atoms with Crippen LogP contribution in [0, 0.1) is 0 Å². The molecular weight excluding hydrogens is 272 g/mol. The van der Waals surface area contributed by atoms with E-state index in [4.69, 9.17) is 4.74 Å². The van der Waals surface area contributed by atoms with Crippen molar-refractivity contribution in [2.24, 2.45) is 0 Å². The molecule has 0 spiro atoms. The molecule has 7 nitrogen and oxygen atoms in total. The molecule has 0 amide bonds. The normalized spacial score (nSPS) is 16.5. The minimum absolute atomic E-state index is 0.413. The molecule has 0 atom stereocenters. The van der Waals surface area contributed by atoms with E-state index in [1.165, 1.54) is 0 Å². The fourth-order valence-corrected chi connectivity index (χ4v) is 2.30. The number of anilines is 2. The van der Waals surface area contributed by atoms with Crippen LogP contribution >= 0.6 is 0 Å². The molecule has 0 aliphatic carbocycles. The Hall–Kier alpha value is -1.44. The van der Waals surface area contributed by atoms with E-state index in [-0.39, 0.29) is 0 Å². The van der Waals surface area contributed by atoms with Crippen LogP contribution in [0.1, 0.15) is 0 Å². The standard InChI is InChI=1S/C14H24N4O3/c1-17(2)5-3-15-11-12(14(20)13(11)19)16-4-6-18-7-9-21-10-8-18/h15-16H,3-10H2,1-2H3. The number of hydrogen-bond acceptors (Lipinski definition) is 7. The molecule has 1 aliphatic heterocycles. The third kappa shape index (κ3) is 4.26. The van der Waals surface area contributed by atoms with E-state index < -0.39 is 10.9 Å². The van der Waals surface area contributed by atoms with Gasteiger partial charge in [-0.2, -0.15) is 0 Å². The fourth-order valence-electron chi connectivity index (χ4n) is 2.30. The van der Waals surface area contributed by atoms with Gasteiger partial charge in [0.15, 0.2) is 0 Å². The third-order valence-electron chi connectivity index (χ3n) is 3.60. The molecule has 0 bridgehead atoms. The number of ether oxygens (including phenoxy) is 1. The fraction of sp³-hybridized carbons (Fsp3) is 0.714. The zero-order chi connectivity index (χ0) is 15.2. The van der Waals surface area contributed by atoms with Crippen LogP contribution in [0.25, 0.3) is 0 Å². The van der Waals surface area contributed by atoms with Crippen LogP contribution in [0.15, 0.2) is 9.59 Å². The summed E-state index contributed by atoms with van der Waals surface area (Å²) in [5.74, 6) is 0. The number of nitrogens with zero attached hydrogens (tertiary/aromatic N) is 2. The zero-order valence-electron chi connectivity index (χ0n) is 12.8. The molecule has 2 N–H and O–H groups in total. The van der Waals surface area contributed by atoms with Gasteiger partial charge in [-0.05, 0) is 14.1 Å². The molecule has 21 heavy (non-hydrogen) atoms. The van der Waals surface area contributed by atoms with Gasteiger partial charge < -0.3 is 20.3 Å². The van der Waals surface area contributed by atoms with Gasteiger partial charge in [0.25, 0.3) is 10.9 Å². The minimum Gasteiger partial charge on any atom is -0.379 e. The summed E-state index contributed by atoms with van der Waals surface area (Å²) >= 11 is 0. The Bertz CT molecular complexity index is 516. The number of rotatable bonds is 8. The summed E-state index contributed by atoms with van der Waals surface area (Å²) in [6, 6.07) is 0. The Labute approximate surface area is 124 Å². The summed E-state index contributed by atoms with van der Waals surface area (Å²) in [5.41, 5.74) is 0.0443. The van der Waals surface area contributed by atoms with Gasteiger partial charge >= 0.3 is 0 Å². The number of hydrogen-bond donors (Lipinski definition) is 2. The minimum atomic E-state index is -0.414. The molecule has 0 aromatic heterocycles. The van der Waals surface area contributed by atoms with Crippen LogP contribution in [-0.2, 0) is 4.74 Å². The summed E-state index contributed by atoms with van der Waals surface area (Å²) in [4.78, 5) is 27.5. The quantitative estimate of drug-likeness (QED) is 0.596. The van der Waals surface area contributed by atoms with Crippen molar-refractivity contribution >= 4 is 11.4 Å². The van der Waals surface area contributed by atoms with Crippen LogP contribution in [0.3, 0.4) is 0 Å². The Morgan fingerprint density at radius 1 is 1.05 bits per heavy atom. The first-order chi connectivity index (χ1) is 10.1. The molecule has 1 aliphatic rings. The first-order valence-electron chi connectivity index (χ1n) is 7.35. The molecule has 0 radical (unpaired) electrons. The molecule has 1 fully saturated rings. The van der Waals surface area contributed by atoms with Gasteiger partial charge in [0, 0.05) is 39.3 Å². The Morgan fingerprint density at radius 2 is 1.62 bits per heavy atom. The van der Waals surface area contributed by atoms with Crippen molar-refractivity contribution in [3.8, 4) is 0 Å². The van der Waals surface area contributed by atoms with E-state index in [0.29, 0.717) is 24.5 Å². The Balaban J connectivity index is 1.78. The van der Waals surface area contributed by atoms with Crippen molar-refractivity contribution in [1.29, 1.82) is 0 Å². The van der Waals surface area contributed by atoms with E-state index in [2.05, 4.69) is 15.5 Å². The van der Waals surface area contributed by atoms with Gasteiger partial charge in [0.2, 0.25) is 0 Å². The summed E-state index contributed by atoms with van der Waals surface area (Å²) in [6.07, 6.45) is 0. The number of morpholine rings is 1. The van der Waals surface area contributed by atoms with Gasteiger partial charge in [0.05, 0.1) is 13.2 Å². The lowest BCUT2D eigenvalue weighted by Gasteiger charge is -2.27. The highest BCUT2D eigenvalue weighted by molar-refractivity contribution is 5.73. The lowest BCUT2D eigenvalue weighted by atomic mass is 10.2. The topological polar surface area (TPSA) is 73.9 Å². The van der Waals surface area contributed by atoms with Crippen LogP contribution in [0.5, 0.6) is 0 Å². The Kier molecular flexibility index (Phi) is 5.72. The maximum atomic E-state index is 11.6. The van der Waals surface area contributed by atoms with E-state index in [0.717, 1.165) is 39.4 Å². The largest absolute Gasteiger partial charge is 0.379 e. The van der Waals surface area contributed by atoms with Crippen LogP contribution < -0.4 is 21.5 Å². The van der Waals surface area contributed by atoms with Gasteiger partial charge in [-0.1, -0.05) is 0 Å². The second kappa shape index (κ2) is 7.53. The maximum Gasteiger partial charge on any atom is 0.253 e. The van der Waals surface area contributed by atoms with E-state index in [1.807, 2.05) is 19.0 Å². The molecule has 7 heteroatoms. The summed E-state index contributed by atoms with van der Waals surface area (Å²) < 4.78 is 5.29. The summed E-state index contributed by atoms with van der Waals surface area (Å²) in [6.45, 7) is 6.33. The first kappa shape index (κ1) is 15.9. The van der Waals surface area contributed by atoms with Crippen LogP contribution in [0.4, 0.5) is 11.4 Å². The van der Waals surface area contributed by atoms with Crippen LogP contribution in [0.2, 0.25) is 0 Å². The van der Waals surface area contributed by atoms with Gasteiger partial charge in [-0.25, -0.2) is 0 Å². The number of likely N-dealkylation sites (N-methyl/N-ethyl adjacent to an activating group) is 1. The highest BCUT2D eigenvalue weighted by Crippen LogP contribution is 2.13. The lowest BCUT2D eigenvalue weighted by Crippen LogP contribution is -2.42. The predicted molar refractivity (Wildman–Crippen MR) is 84.1 cm³/mol. The lowest BCUT2D eigenvalue weighted by molar-refractivity contribution is 0.0398.